The summed E-state index contributed by atoms with van der Waals surface area (Å²) in [7, 11) is 1.88. The van der Waals surface area contributed by atoms with E-state index in [1.165, 1.54) is 0 Å². The van der Waals surface area contributed by atoms with Crippen molar-refractivity contribution in [2.24, 2.45) is 13.0 Å². The van der Waals surface area contributed by atoms with E-state index in [2.05, 4.69) is 15.7 Å². The lowest BCUT2D eigenvalue weighted by Crippen LogP contribution is -2.32. The van der Waals surface area contributed by atoms with E-state index in [1.54, 1.807) is 10.9 Å². The molecule has 132 valence electrons. The molecule has 0 unspecified atom stereocenters. The van der Waals surface area contributed by atoms with Gasteiger partial charge in [-0.05, 0) is 38.3 Å². The van der Waals surface area contributed by atoms with E-state index in [1.807, 2.05) is 45.2 Å². The number of aryl methyl sites for hydroxylation is 1. The minimum Gasteiger partial charge on any atom is -0.349 e. The number of amides is 2. The number of aromatic nitrogens is 2. The van der Waals surface area contributed by atoms with E-state index in [0.29, 0.717) is 19.3 Å². The molecule has 1 aliphatic heterocycles. The molecule has 2 heterocycles. The fourth-order valence-electron chi connectivity index (χ4n) is 3.28. The van der Waals surface area contributed by atoms with Gasteiger partial charge in [-0.15, -0.1) is 0 Å². The molecule has 2 aromatic rings. The lowest BCUT2D eigenvalue weighted by Gasteiger charge is -2.24. The molecule has 1 aromatic heterocycles. The van der Waals surface area contributed by atoms with Crippen LogP contribution in [0.15, 0.2) is 30.5 Å². The molecule has 0 saturated heterocycles. The second-order valence-corrected chi connectivity index (χ2v) is 6.68. The maximum Gasteiger partial charge on any atom is 0.227 e. The fourth-order valence-corrected chi connectivity index (χ4v) is 3.28. The molecule has 0 radical (unpaired) electrons. The van der Waals surface area contributed by atoms with Crippen LogP contribution in [0.4, 0.5) is 5.69 Å². The summed E-state index contributed by atoms with van der Waals surface area (Å²) in [5.41, 5.74) is 4.07. The average Bonchev–Trinajstić information content (AvgIpc) is 2.92. The Balaban J connectivity index is 1.54. The number of benzene rings is 1. The molecule has 25 heavy (non-hydrogen) atoms. The number of nitrogens with zero attached hydrogens (tertiary/aromatic N) is 2. The third-order valence-electron chi connectivity index (χ3n) is 4.95. The van der Waals surface area contributed by atoms with Crippen molar-refractivity contribution in [1.29, 1.82) is 0 Å². The highest BCUT2D eigenvalue weighted by molar-refractivity contribution is 5.96. The van der Waals surface area contributed by atoms with E-state index in [-0.39, 0.29) is 23.8 Å². The minimum absolute atomic E-state index is 0.00246. The zero-order valence-corrected chi connectivity index (χ0v) is 14.9. The van der Waals surface area contributed by atoms with E-state index >= 15 is 0 Å². The van der Waals surface area contributed by atoms with Gasteiger partial charge in [-0.25, -0.2) is 0 Å². The first-order chi connectivity index (χ1) is 12.0. The Hall–Kier alpha value is -2.63. The van der Waals surface area contributed by atoms with Gasteiger partial charge in [0.2, 0.25) is 11.8 Å². The van der Waals surface area contributed by atoms with E-state index in [4.69, 9.17) is 0 Å². The van der Waals surface area contributed by atoms with Gasteiger partial charge in [0, 0.05) is 36.3 Å². The smallest absolute Gasteiger partial charge is 0.227 e. The number of fused-ring (bicyclic) bond motifs is 1. The summed E-state index contributed by atoms with van der Waals surface area (Å²) < 4.78 is 1.79. The molecule has 1 aromatic carbocycles. The highest BCUT2D eigenvalue weighted by Crippen LogP contribution is 2.27. The second kappa shape index (κ2) is 7.09. The number of para-hydroxylation sites is 1. The van der Waals surface area contributed by atoms with Crippen molar-refractivity contribution in [2.45, 2.75) is 39.2 Å². The van der Waals surface area contributed by atoms with Crippen LogP contribution in [0.2, 0.25) is 0 Å². The van der Waals surface area contributed by atoms with Gasteiger partial charge in [0.25, 0.3) is 0 Å². The SMILES string of the molecule is Cc1c([C@H](C)NC(=O)CC[C@H]2Cc3ccccc3NC2=O)cnn1C. The first-order valence-corrected chi connectivity index (χ1v) is 8.62. The Morgan fingerprint density at radius 2 is 2.20 bits per heavy atom. The molecule has 3 rings (SSSR count). The number of carbonyl (C=O) groups excluding carboxylic acids is 2. The summed E-state index contributed by atoms with van der Waals surface area (Å²) in [6.07, 6.45) is 3.35. The van der Waals surface area contributed by atoms with Crippen molar-refractivity contribution in [1.82, 2.24) is 15.1 Å². The van der Waals surface area contributed by atoms with Gasteiger partial charge in [-0.3, -0.25) is 14.3 Å². The van der Waals surface area contributed by atoms with Crippen LogP contribution in [0.5, 0.6) is 0 Å². The number of rotatable bonds is 5. The minimum atomic E-state index is -0.156. The molecule has 2 N–H and O–H groups in total. The van der Waals surface area contributed by atoms with Gasteiger partial charge in [-0.1, -0.05) is 18.2 Å². The van der Waals surface area contributed by atoms with Crippen LogP contribution in [-0.2, 0) is 23.1 Å². The third-order valence-corrected chi connectivity index (χ3v) is 4.95. The molecule has 0 spiro atoms. The van der Waals surface area contributed by atoms with Gasteiger partial charge in [0.15, 0.2) is 0 Å². The lowest BCUT2D eigenvalue weighted by molar-refractivity contribution is -0.123. The molecule has 0 fully saturated rings. The third kappa shape index (κ3) is 3.73. The summed E-state index contributed by atoms with van der Waals surface area (Å²) in [5.74, 6) is -0.193. The maximum absolute atomic E-state index is 12.3. The Morgan fingerprint density at radius 1 is 1.44 bits per heavy atom. The zero-order valence-electron chi connectivity index (χ0n) is 14.9. The quantitative estimate of drug-likeness (QED) is 0.878. The Labute approximate surface area is 147 Å². The summed E-state index contributed by atoms with van der Waals surface area (Å²) >= 11 is 0. The van der Waals surface area contributed by atoms with E-state index < -0.39 is 0 Å². The van der Waals surface area contributed by atoms with Crippen molar-refractivity contribution in [3.63, 3.8) is 0 Å². The Bertz CT molecular complexity index is 796. The molecular formula is C19H24N4O2. The van der Waals surface area contributed by atoms with Crippen LogP contribution < -0.4 is 10.6 Å². The first kappa shape index (κ1) is 17.2. The largest absolute Gasteiger partial charge is 0.349 e. The van der Waals surface area contributed by atoms with Crippen LogP contribution in [-0.4, -0.2) is 21.6 Å². The Morgan fingerprint density at radius 3 is 2.92 bits per heavy atom. The molecule has 0 bridgehead atoms. The lowest BCUT2D eigenvalue weighted by atomic mass is 9.89. The number of carbonyl (C=O) groups is 2. The first-order valence-electron chi connectivity index (χ1n) is 8.62. The van der Waals surface area contributed by atoms with Crippen LogP contribution >= 0.6 is 0 Å². The zero-order chi connectivity index (χ0) is 18.0. The van der Waals surface area contributed by atoms with Crippen molar-refractivity contribution in [3.05, 3.63) is 47.3 Å². The fraction of sp³-hybridized carbons (Fsp3) is 0.421. The molecule has 2 amide bonds. The number of hydrogen-bond donors (Lipinski definition) is 2. The standard InChI is InChI=1S/C19H24N4O2/c1-12(16-11-20-23(3)13(16)2)21-18(24)9-8-15-10-14-6-4-5-7-17(14)22-19(15)25/h4-7,11-12,15H,8-10H2,1-3H3,(H,21,24)(H,22,25)/t12-,15-/m0/s1. The van der Waals surface area contributed by atoms with Gasteiger partial charge in [0.1, 0.15) is 0 Å². The summed E-state index contributed by atoms with van der Waals surface area (Å²) in [6, 6.07) is 7.72. The summed E-state index contributed by atoms with van der Waals surface area (Å²) in [6.45, 7) is 3.93. The predicted molar refractivity (Wildman–Crippen MR) is 96.0 cm³/mol. The van der Waals surface area contributed by atoms with Crippen LogP contribution in [0, 0.1) is 12.8 Å². The molecule has 1 aliphatic rings. The van der Waals surface area contributed by atoms with Gasteiger partial charge >= 0.3 is 0 Å². The van der Waals surface area contributed by atoms with Crippen molar-refractivity contribution in [3.8, 4) is 0 Å². The highest BCUT2D eigenvalue weighted by Gasteiger charge is 2.26. The van der Waals surface area contributed by atoms with E-state index in [0.717, 1.165) is 22.5 Å². The average molecular weight is 340 g/mol. The van der Waals surface area contributed by atoms with Crippen molar-refractivity contribution >= 4 is 17.5 Å². The summed E-state index contributed by atoms with van der Waals surface area (Å²) in [4.78, 5) is 24.5. The van der Waals surface area contributed by atoms with Crippen molar-refractivity contribution in [2.75, 3.05) is 5.32 Å². The summed E-state index contributed by atoms with van der Waals surface area (Å²) in [5, 5.41) is 10.1. The second-order valence-electron chi connectivity index (χ2n) is 6.68. The Kier molecular flexibility index (Phi) is 4.88. The van der Waals surface area contributed by atoms with Crippen LogP contribution in [0.25, 0.3) is 0 Å². The van der Waals surface area contributed by atoms with E-state index in [9.17, 15) is 9.59 Å². The normalized spacial score (nSPS) is 17.6. The van der Waals surface area contributed by atoms with Gasteiger partial charge < -0.3 is 10.6 Å². The van der Waals surface area contributed by atoms with Crippen LogP contribution in [0.1, 0.15) is 42.6 Å². The maximum atomic E-state index is 12.3. The molecule has 6 nitrogen and oxygen atoms in total. The molecule has 6 heteroatoms. The van der Waals surface area contributed by atoms with Gasteiger partial charge in [0.05, 0.1) is 12.2 Å². The number of nitrogens with one attached hydrogen (secondary N) is 2. The number of hydrogen-bond acceptors (Lipinski definition) is 3. The monoisotopic (exact) mass is 340 g/mol. The molecule has 0 aliphatic carbocycles. The highest BCUT2D eigenvalue weighted by atomic mass is 16.2. The van der Waals surface area contributed by atoms with Crippen molar-refractivity contribution < 1.29 is 9.59 Å². The van der Waals surface area contributed by atoms with Gasteiger partial charge in [-0.2, -0.15) is 5.10 Å². The topological polar surface area (TPSA) is 76.0 Å². The molecule has 2 atom stereocenters. The molecule has 0 saturated carbocycles. The predicted octanol–water partition coefficient (Wildman–Crippen LogP) is 2.50. The molecular weight excluding hydrogens is 316 g/mol. The number of anilines is 1. The van der Waals surface area contributed by atoms with Crippen LogP contribution in [0.3, 0.4) is 0 Å².